The summed E-state index contributed by atoms with van der Waals surface area (Å²) in [6.07, 6.45) is 5.18. The molecule has 2 amide bonds. The molecule has 0 bridgehead atoms. The molecule has 0 spiro atoms. The summed E-state index contributed by atoms with van der Waals surface area (Å²) >= 11 is 3.40. The minimum Gasteiger partial charge on any atom is -0.370 e. The molecule has 0 aliphatic heterocycles. The zero-order valence-corrected chi connectivity index (χ0v) is 12.4. The van der Waals surface area contributed by atoms with Crippen molar-refractivity contribution in [1.82, 2.24) is 4.90 Å². The molecule has 0 aliphatic rings. The van der Waals surface area contributed by atoms with Gasteiger partial charge < -0.3 is 5.73 Å². The van der Waals surface area contributed by atoms with Gasteiger partial charge in [0.1, 0.15) is 0 Å². The van der Waals surface area contributed by atoms with Gasteiger partial charge in [-0.25, -0.2) is 4.79 Å². The Morgan fingerprint density at radius 2 is 2.21 bits per heavy atom. The number of halogens is 1. The Hall–Kier alpha value is -2.00. The number of carbonyl (C=O) groups excluding carboxylic acids is 1. The number of nitrogens with two attached hydrogens (primary N) is 1. The van der Waals surface area contributed by atoms with Crippen molar-refractivity contribution in [2.45, 2.75) is 6.92 Å². The van der Waals surface area contributed by atoms with E-state index in [9.17, 15) is 4.79 Å². The molecule has 0 atom stereocenters. The van der Waals surface area contributed by atoms with Gasteiger partial charge in [-0.2, -0.15) is 0 Å². The largest absolute Gasteiger partial charge is 0.370 e. The fraction of sp³-hybridized carbons (Fsp3) is 0.231. The van der Waals surface area contributed by atoms with Crippen molar-refractivity contribution in [3.8, 4) is 12.3 Å². The summed E-state index contributed by atoms with van der Waals surface area (Å²) in [7, 11) is 1.61. The van der Waals surface area contributed by atoms with Crippen molar-refractivity contribution >= 4 is 33.6 Å². The van der Waals surface area contributed by atoms with Crippen molar-refractivity contribution in [2.75, 3.05) is 18.5 Å². The highest BCUT2D eigenvalue weighted by molar-refractivity contribution is 9.10. The molecule has 19 heavy (non-hydrogen) atoms. The number of amides is 2. The van der Waals surface area contributed by atoms with E-state index in [4.69, 9.17) is 17.6 Å². The molecular weight excluding hydrogens is 308 g/mol. The van der Waals surface area contributed by atoms with Crippen molar-refractivity contribution in [1.29, 1.82) is 5.41 Å². The predicted molar refractivity (Wildman–Crippen MR) is 80.1 cm³/mol. The van der Waals surface area contributed by atoms with Crippen LogP contribution in [0, 0.1) is 24.7 Å². The van der Waals surface area contributed by atoms with Crippen LogP contribution in [0.5, 0.6) is 0 Å². The normalized spacial score (nSPS) is 9.58. The monoisotopic (exact) mass is 322 g/mol. The van der Waals surface area contributed by atoms with Crippen LogP contribution in [-0.4, -0.2) is 30.5 Å². The predicted octanol–water partition coefficient (Wildman–Crippen LogP) is 2.14. The summed E-state index contributed by atoms with van der Waals surface area (Å²) in [5.41, 5.74) is 7.01. The van der Waals surface area contributed by atoms with Gasteiger partial charge in [0.2, 0.25) is 0 Å². The van der Waals surface area contributed by atoms with Crippen LogP contribution in [0.2, 0.25) is 0 Å². The summed E-state index contributed by atoms with van der Waals surface area (Å²) < 4.78 is 0.785. The number of nitrogens with zero attached hydrogens (tertiary/aromatic N) is 2. The number of rotatable bonds is 2. The SMILES string of the molecule is C#CCN(C(=N)N)C(=O)N(C)c1c(C)cccc1Br. The standard InChI is InChI=1S/C13H15BrN4O/c1-4-8-18(12(15)16)13(19)17(3)11-9(2)6-5-7-10(11)14/h1,5-7H,8H2,2-3H3,(H3,15,16). The maximum atomic E-state index is 12.3. The van der Waals surface area contributed by atoms with Gasteiger partial charge in [0, 0.05) is 11.5 Å². The fourth-order valence-corrected chi connectivity index (χ4v) is 2.40. The Labute approximate surface area is 121 Å². The molecule has 100 valence electrons. The fourth-order valence-electron chi connectivity index (χ4n) is 1.67. The lowest BCUT2D eigenvalue weighted by Gasteiger charge is -2.27. The highest BCUT2D eigenvalue weighted by Crippen LogP contribution is 2.29. The minimum absolute atomic E-state index is 0.0397. The van der Waals surface area contributed by atoms with Gasteiger partial charge in [-0.15, -0.1) is 6.42 Å². The maximum Gasteiger partial charge on any atom is 0.331 e. The molecule has 0 saturated heterocycles. The van der Waals surface area contributed by atoms with E-state index in [0.717, 1.165) is 20.6 Å². The van der Waals surface area contributed by atoms with E-state index in [-0.39, 0.29) is 12.5 Å². The first-order valence-corrected chi connectivity index (χ1v) is 6.27. The van der Waals surface area contributed by atoms with Crippen LogP contribution in [0.25, 0.3) is 0 Å². The van der Waals surface area contributed by atoms with Gasteiger partial charge in [-0.3, -0.25) is 15.2 Å². The summed E-state index contributed by atoms with van der Waals surface area (Å²) in [5.74, 6) is 1.94. The van der Waals surface area contributed by atoms with Crippen molar-refractivity contribution in [3.63, 3.8) is 0 Å². The van der Waals surface area contributed by atoms with E-state index < -0.39 is 6.03 Å². The number of anilines is 1. The number of guanidine groups is 1. The molecule has 0 saturated carbocycles. The topological polar surface area (TPSA) is 73.4 Å². The highest BCUT2D eigenvalue weighted by atomic mass is 79.9. The zero-order valence-electron chi connectivity index (χ0n) is 10.8. The summed E-state index contributed by atoms with van der Waals surface area (Å²) in [4.78, 5) is 14.7. The quantitative estimate of drug-likeness (QED) is 0.497. The van der Waals surface area contributed by atoms with E-state index in [1.165, 1.54) is 4.90 Å². The van der Waals surface area contributed by atoms with Gasteiger partial charge >= 0.3 is 6.03 Å². The van der Waals surface area contributed by atoms with Crippen LogP contribution in [-0.2, 0) is 0 Å². The Balaban J connectivity index is 3.12. The molecule has 0 heterocycles. The van der Waals surface area contributed by atoms with Crippen molar-refractivity contribution in [2.24, 2.45) is 5.73 Å². The smallest absolute Gasteiger partial charge is 0.331 e. The molecule has 0 unspecified atom stereocenters. The molecular formula is C13H15BrN4O. The van der Waals surface area contributed by atoms with Crippen LogP contribution in [0.15, 0.2) is 22.7 Å². The number of nitrogens with one attached hydrogen (secondary N) is 1. The number of hydrogen-bond acceptors (Lipinski definition) is 2. The van der Waals surface area contributed by atoms with Crippen molar-refractivity contribution in [3.05, 3.63) is 28.2 Å². The minimum atomic E-state index is -0.444. The summed E-state index contributed by atoms with van der Waals surface area (Å²) in [6.45, 7) is 1.85. The average molecular weight is 323 g/mol. The Bertz CT molecular complexity index is 530. The van der Waals surface area contributed by atoms with Gasteiger partial charge in [0.25, 0.3) is 0 Å². The number of hydrogen-bond donors (Lipinski definition) is 2. The zero-order chi connectivity index (χ0) is 14.6. The van der Waals surface area contributed by atoms with Crippen LogP contribution in [0.3, 0.4) is 0 Å². The average Bonchev–Trinajstić information content (AvgIpc) is 2.34. The second-order valence-corrected chi connectivity index (χ2v) is 4.78. The molecule has 0 fully saturated rings. The number of para-hydroxylation sites is 1. The molecule has 0 aromatic heterocycles. The van der Waals surface area contributed by atoms with Crippen LogP contribution < -0.4 is 10.6 Å². The van der Waals surface area contributed by atoms with E-state index in [1.54, 1.807) is 7.05 Å². The third-order valence-corrected chi connectivity index (χ3v) is 3.22. The van der Waals surface area contributed by atoms with Crippen molar-refractivity contribution < 1.29 is 4.79 Å². The molecule has 1 aromatic rings. The third kappa shape index (κ3) is 3.26. The van der Waals surface area contributed by atoms with Gasteiger partial charge in [0.15, 0.2) is 5.96 Å². The number of benzene rings is 1. The van der Waals surface area contributed by atoms with Gasteiger partial charge in [0.05, 0.1) is 12.2 Å². The number of carbonyl (C=O) groups is 1. The summed E-state index contributed by atoms with van der Waals surface area (Å²) in [5, 5.41) is 7.40. The molecule has 0 radical (unpaired) electrons. The lowest BCUT2D eigenvalue weighted by atomic mass is 10.2. The molecule has 6 heteroatoms. The first-order chi connectivity index (χ1) is 8.90. The lowest BCUT2D eigenvalue weighted by Crippen LogP contribution is -2.48. The second-order valence-electron chi connectivity index (χ2n) is 3.92. The molecule has 3 N–H and O–H groups in total. The van der Waals surface area contributed by atoms with Crippen LogP contribution >= 0.6 is 15.9 Å². The number of terminal acetylenes is 1. The Morgan fingerprint density at radius 3 is 2.68 bits per heavy atom. The van der Waals surface area contributed by atoms with Crippen LogP contribution in [0.1, 0.15) is 5.56 Å². The number of aryl methyl sites for hydroxylation is 1. The molecule has 1 rings (SSSR count). The van der Waals surface area contributed by atoms with Gasteiger partial charge in [-0.1, -0.05) is 18.1 Å². The lowest BCUT2D eigenvalue weighted by molar-refractivity contribution is 0.231. The maximum absolute atomic E-state index is 12.3. The Kier molecular flexibility index (Phi) is 4.95. The van der Waals surface area contributed by atoms with E-state index in [0.29, 0.717) is 0 Å². The van der Waals surface area contributed by atoms with E-state index in [1.807, 2.05) is 25.1 Å². The first kappa shape index (κ1) is 15.1. The summed E-state index contributed by atoms with van der Waals surface area (Å²) in [6, 6.07) is 5.17. The van der Waals surface area contributed by atoms with Gasteiger partial charge in [-0.05, 0) is 34.5 Å². The molecule has 1 aromatic carbocycles. The van der Waals surface area contributed by atoms with E-state index >= 15 is 0 Å². The van der Waals surface area contributed by atoms with E-state index in [2.05, 4.69) is 21.9 Å². The highest BCUT2D eigenvalue weighted by Gasteiger charge is 2.23. The second kappa shape index (κ2) is 6.25. The Morgan fingerprint density at radius 1 is 1.58 bits per heavy atom. The molecule has 0 aliphatic carbocycles. The third-order valence-electron chi connectivity index (χ3n) is 2.58. The number of urea groups is 1. The van der Waals surface area contributed by atoms with Crippen LogP contribution in [0.4, 0.5) is 10.5 Å². The molecule has 5 nitrogen and oxygen atoms in total. The first-order valence-electron chi connectivity index (χ1n) is 5.48.